The van der Waals surface area contributed by atoms with Gasteiger partial charge in [-0.3, -0.25) is 9.47 Å². The maximum Gasteiger partial charge on any atom is 0.203 e. The summed E-state index contributed by atoms with van der Waals surface area (Å²) in [7, 11) is 2.16. The molecule has 0 saturated heterocycles. The molecule has 0 amide bonds. The summed E-state index contributed by atoms with van der Waals surface area (Å²) >= 11 is 5.64. The minimum absolute atomic E-state index is 0.425. The molecule has 0 bridgehead atoms. The van der Waals surface area contributed by atoms with Crippen molar-refractivity contribution in [2.24, 2.45) is 0 Å². The Hall–Kier alpha value is -2.24. The Kier molecular flexibility index (Phi) is 4.51. The fourth-order valence-electron chi connectivity index (χ4n) is 3.70. The van der Waals surface area contributed by atoms with E-state index in [1.165, 1.54) is 30.4 Å². The van der Waals surface area contributed by atoms with E-state index >= 15 is 0 Å². The van der Waals surface area contributed by atoms with Gasteiger partial charge < -0.3 is 0 Å². The SMILES string of the molecule is CN(Cn1ncn(-c2ccccc2)c1=S)[C@@H]1CCCc2ccccc21. The van der Waals surface area contributed by atoms with Crippen LogP contribution in [-0.2, 0) is 13.1 Å². The van der Waals surface area contributed by atoms with E-state index < -0.39 is 0 Å². The molecule has 0 unspecified atom stereocenters. The third-order valence-corrected chi connectivity index (χ3v) is 5.40. The van der Waals surface area contributed by atoms with Gasteiger partial charge in [-0.25, -0.2) is 4.68 Å². The molecule has 25 heavy (non-hydrogen) atoms. The molecule has 0 aliphatic heterocycles. The van der Waals surface area contributed by atoms with E-state index in [1.54, 1.807) is 6.33 Å². The van der Waals surface area contributed by atoms with E-state index in [2.05, 4.69) is 41.3 Å². The number of aromatic nitrogens is 3. The summed E-state index contributed by atoms with van der Waals surface area (Å²) in [6, 6.07) is 19.3. The number of fused-ring (bicyclic) bond motifs is 1. The Balaban J connectivity index is 1.58. The standard InChI is InChI=1S/C20H22N4S/c1-22(19-13-7-9-16-8-5-6-12-18(16)19)15-24-20(25)23(14-21-24)17-10-3-2-4-11-17/h2-6,8,10-12,14,19H,7,9,13,15H2,1H3/t19-/m1/s1. The van der Waals surface area contributed by atoms with Gasteiger partial charge in [0.25, 0.3) is 0 Å². The van der Waals surface area contributed by atoms with Crippen molar-refractivity contribution < 1.29 is 0 Å². The van der Waals surface area contributed by atoms with Crippen LogP contribution >= 0.6 is 12.2 Å². The molecule has 128 valence electrons. The average Bonchev–Trinajstić information content (AvgIpc) is 3.02. The first-order chi connectivity index (χ1) is 12.2. The Labute approximate surface area is 153 Å². The average molecular weight is 350 g/mol. The molecule has 1 aliphatic carbocycles. The summed E-state index contributed by atoms with van der Waals surface area (Å²) in [5.74, 6) is 0. The van der Waals surface area contributed by atoms with Crippen molar-refractivity contribution in [3.63, 3.8) is 0 Å². The molecule has 2 aromatic carbocycles. The fourth-order valence-corrected chi connectivity index (χ4v) is 3.95. The maximum atomic E-state index is 5.64. The summed E-state index contributed by atoms with van der Waals surface area (Å²) in [6.45, 7) is 0.692. The van der Waals surface area contributed by atoms with Crippen LogP contribution in [0.3, 0.4) is 0 Å². The van der Waals surface area contributed by atoms with Crippen molar-refractivity contribution in [2.45, 2.75) is 32.0 Å². The third-order valence-electron chi connectivity index (χ3n) is 4.99. The Morgan fingerprint density at radius 2 is 1.88 bits per heavy atom. The van der Waals surface area contributed by atoms with Crippen LogP contribution in [0.25, 0.3) is 5.69 Å². The first-order valence-electron chi connectivity index (χ1n) is 8.72. The first-order valence-corrected chi connectivity index (χ1v) is 9.13. The van der Waals surface area contributed by atoms with Crippen molar-refractivity contribution in [2.75, 3.05) is 7.05 Å². The van der Waals surface area contributed by atoms with Crippen LogP contribution in [0, 0.1) is 4.77 Å². The van der Waals surface area contributed by atoms with Crippen LogP contribution in [0.5, 0.6) is 0 Å². The lowest BCUT2D eigenvalue weighted by Crippen LogP contribution is -2.30. The normalized spacial score (nSPS) is 16.8. The first kappa shape index (κ1) is 16.2. The zero-order valence-electron chi connectivity index (χ0n) is 14.4. The number of nitrogens with zero attached hydrogens (tertiary/aromatic N) is 4. The highest BCUT2D eigenvalue weighted by Crippen LogP contribution is 2.33. The van der Waals surface area contributed by atoms with Crippen LogP contribution in [0.4, 0.5) is 0 Å². The fraction of sp³-hybridized carbons (Fsp3) is 0.300. The molecular formula is C20H22N4S. The lowest BCUT2D eigenvalue weighted by molar-refractivity contribution is 0.165. The summed E-state index contributed by atoms with van der Waals surface area (Å²) in [6.07, 6.45) is 5.40. The third kappa shape index (κ3) is 3.17. The van der Waals surface area contributed by atoms with Gasteiger partial charge in [-0.1, -0.05) is 42.5 Å². The topological polar surface area (TPSA) is 26.0 Å². The van der Waals surface area contributed by atoms with Gasteiger partial charge in [-0.05, 0) is 61.8 Å². The second-order valence-electron chi connectivity index (χ2n) is 6.62. The van der Waals surface area contributed by atoms with E-state index in [1.807, 2.05) is 39.6 Å². The summed E-state index contributed by atoms with van der Waals surface area (Å²) in [5, 5.41) is 4.52. The molecule has 1 aromatic heterocycles. The van der Waals surface area contributed by atoms with E-state index in [9.17, 15) is 0 Å². The number of hydrogen-bond acceptors (Lipinski definition) is 3. The molecule has 4 nitrogen and oxygen atoms in total. The van der Waals surface area contributed by atoms with Crippen molar-refractivity contribution >= 4 is 12.2 Å². The number of aryl methyl sites for hydroxylation is 1. The molecule has 5 heteroatoms. The van der Waals surface area contributed by atoms with Gasteiger partial charge in [-0.2, -0.15) is 5.10 Å². The van der Waals surface area contributed by atoms with Crippen LogP contribution in [-0.4, -0.2) is 26.3 Å². The summed E-state index contributed by atoms with van der Waals surface area (Å²) in [4.78, 5) is 2.36. The number of para-hydroxylation sites is 1. The molecule has 0 saturated carbocycles. The van der Waals surface area contributed by atoms with Crippen LogP contribution in [0.15, 0.2) is 60.9 Å². The highest BCUT2D eigenvalue weighted by atomic mass is 32.1. The molecule has 1 heterocycles. The summed E-state index contributed by atoms with van der Waals surface area (Å²) < 4.78 is 4.58. The molecule has 0 spiro atoms. The second kappa shape index (κ2) is 6.94. The van der Waals surface area contributed by atoms with Gasteiger partial charge >= 0.3 is 0 Å². The lowest BCUT2D eigenvalue weighted by atomic mass is 9.87. The Bertz CT molecular complexity index is 913. The van der Waals surface area contributed by atoms with Crippen molar-refractivity contribution in [3.05, 3.63) is 76.8 Å². The lowest BCUT2D eigenvalue weighted by Gasteiger charge is -2.33. The number of benzene rings is 2. The number of hydrogen-bond donors (Lipinski definition) is 0. The van der Waals surface area contributed by atoms with Gasteiger partial charge in [0.1, 0.15) is 6.33 Å². The van der Waals surface area contributed by atoms with Crippen molar-refractivity contribution in [1.82, 2.24) is 19.2 Å². The maximum absolute atomic E-state index is 5.64. The Morgan fingerprint density at radius 1 is 1.12 bits per heavy atom. The predicted molar refractivity (Wildman–Crippen MR) is 102 cm³/mol. The van der Waals surface area contributed by atoms with Crippen molar-refractivity contribution in [1.29, 1.82) is 0 Å². The van der Waals surface area contributed by atoms with Gasteiger partial charge in [0.05, 0.1) is 6.67 Å². The molecule has 1 aliphatic rings. The van der Waals surface area contributed by atoms with Crippen LogP contribution in [0.1, 0.15) is 30.0 Å². The zero-order chi connectivity index (χ0) is 17.2. The molecule has 0 radical (unpaired) electrons. The van der Waals surface area contributed by atoms with Gasteiger partial charge in [0.2, 0.25) is 4.77 Å². The minimum atomic E-state index is 0.425. The van der Waals surface area contributed by atoms with Crippen molar-refractivity contribution in [3.8, 4) is 5.69 Å². The van der Waals surface area contributed by atoms with Gasteiger partial charge in [-0.15, -0.1) is 0 Å². The quantitative estimate of drug-likeness (QED) is 0.654. The van der Waals surface area contributed by atoms with E-state index in [0.29, 0.717) is 12.7 Å². The minimum Gasteiger partial charge on any atom is -0.280 e. The van der Waals surface area contributed by atoms with E-state index in [-0.39, 0.29) is 0 Å². The van der Waals surface area contributed by atoms with Gasteiger partial charge in [0, 0.05) is 11.7 Å². The molecule has 3 aromatic rings. The monoisotopic (exact) mass is 350 g/mol. The molecular weight excluding hydrogens is 328 g/mol. The molecule has 0 fully saturated rings. The second-order valence-corrected chi connectivity index (χ2v) is 6.99. The van der Waals surface area contributed by atoms with Crippen LogP contribution in [0.2, 0.25) is 0 Å². The van der Waals surface area contributed by atoms with Crippen LogP contribution < -0.4 is 0 Å². The molecule has 0 N–H and O–H groups in total. The number of rotatable bonds is 4. The predicted octanol–water partition coefficient (Wildman–Crippen LogP) is 4.37. The molecule has 4 rings (SSSR count). The highest BCUT2D eigenvalue weighted by molar-refractivity contribution is 7.71. The molecule has 1 atom stereocenters. The van der Waals surface area contributed by atoms with E-state index in [0.717, 1.165) is 10.5 Å². The summed E-state index contributed by atoms with van der Waals surface area (Å²) in [5.41, 5.74) is 3.97. The van der Waals surface area contributed by atoms with Gasteiger partial charge in [0.15, 0.2) is 0 Å². The zero-order valence-corrected chi connectivity index (χ0v) is 15.2. The Morgan fingerprint density at radius 3 is 2.72 bits per heavy atom. The smallest absolute Gasteiger partial charge is 0.203 e. The largest absolute Gasteiger partial charge is 0.280 e. The highest BCUT2D eigenvalue weighted by Gasteiger charge is 2.23. The van der Waals surface area contributed by atoms with E-state index in [4.69, 9.17) is 12.2 Å².